The lowest BCUT2D eigenvalue weighted by Gasteiger charge is -2.18. The van der Waals surface area contributed by atoms with Gasteiger partial charge in [-0.05, 0) is 91.2 Å². The van der Waals surface area contributed by atoms with Crippen LogP contribution in [0.4, 0.5) is 0 Å². The molecule has 0 spiro atoms. The number of ether oxygens (including phenoxy) is 7. The first-order chi connectivity index (χ1) is 19.1. The maximum atomic E-state index is 5.93. The number of hydrogen-bond donors (Lipinski definition) is 0. The fourth-order valence-corrected chi connectivity index (χ4v) is 4.29. The van der Waals surface area contributed by atoms with E-state index in [-0.39, 0.29) is 12.6 Å². The van der Waals surface area contributed by atoms with Crippen molar-refractivity contribution in [3.63, 3.8) is 0 Å². The number of rotatable bonds is 30. The van der Waals surface area contributed by atoms with Crippen molar-refractivity contribution in [1.82, 2.24) is 0 Å². The van der Waals surface area contributed by atoms with Gasteiger partial charge in [0.1, 0.15) is 0 Å². The second-order valence-corrected chi connectivity index (χ2v) is 9.57. The molecule has 0 aliphatic carbocycles. The third-order valence-corrected chi connectivity index (χ3v) is 6.35. The molecule has 0 saturated carbocycles. The van der Waals surface area contributed by atoms with E-state index in [0.717, 1.165) is 38.5 Å². The Labute approximate surface area is 240 Å². The maximum Gasteiger partial charge on any atom is 0.179 e. The van der Waals surface area contributed by atoms with Crippen molar-refractivity contribution in [2.45, 2.75) is 143 Å². The number of unbranched alkanes of at least 4 members (excludes halogenated alkanes) is 10. The number of methoxy groups -OCH3 is 2. The zero-order chi connectivity index (χ0) is 28.8. The van der Waals surface area contributed by atoms with E-state index in [1.54, 1.807) is 14.2 Å². The average molecular weight is 559 g/mol. The first-order valence-electron chi connectivity index (χ1n) is 15.7. The monoisotopic (exact) mass is 558 g/mol. The van der Waals surface area contributed by atoms with Crippen molar-refractivity contribution in [2.24, 2.45) is 0 Å². The molecule has 0 amide bonds. The van der Waals surface area contributed by atoms with Gasteiger partial charge >= 0.3 is 0 Å². The second-order valence-electron chi connectivity index (χ2n) is 9.57. The van der Waals surface area contributed by atoms with Crippen molar-refractivity contribution in [3.05, 3.63) is 24.3 Å². The molecule has 7 heteroatoms. The fraction of sp³-hybridized carbons (Fsp3) is 0.875. The Morgan fingerprint density at radius 3 is 1.13 bits per heavy atom. The molecular formula is C32H62O7. The standard InChI is InChI=1S/C32H62O7/c1-7-35-31(36-8-2)27-23-19-15-11-13-17-21-25-29(33-5)39-30(34-6)26-22-18-14-12-16-20-24-28-32(37-9-3)38-10-4/h21-22,25-26,29-32H,7-20,23-24,27-28H2,1-6H3. The van der Waals surface area contributed by atoms with E-state index in [1.807, 2.05) is 39.8 Å². The quantitative estimate of drug-likeness (QED) is 0.0499. The summed E-state index contributed by atoms with van der Waals surface area (Å²) in [5.74, 6) is 0. The molecule has 7 nitrogen and oxygen atoms in total. The Kier molecular flexibility index (Phi) is 29.5. The van der Waals surface area contributed by atoms with Crippen LogP contribution in [0.1, 0.15) is 118 Å². The van der Waals surface area contributed by atoms with Gasteiger partial charge in [-0.2, -0.15) is 0 Å². The van der Waals surface area contributed by atoms with Gasteiger partial charge in [0.25, 0.3) is 0 Å². The fourth-order valence-electron chi connectivity index (χ4n) is 4.29. The first kappa shape index (κ1) is 38.2. The van der Waals surface area contributed by atoms with Gasteiger partial charge in [0.05, 0.1) is 0 Å². The predicted molar refractivity (Wildman–Crippen MR) is 160 cm³/mol. The SMILES string of the molecule is CCOC(CCCCCCCC=CC(OC)OC(C=CCCCCCCCC(OCC)OCC)OC)OCC. The highest BCUT2D eigenvalue weighted by molar-refractivity contribution is 4.89. The highest BCUT2D eigenvalue weighted by atomic mass is 16.8. The zero-order valence-corrected chi connectivity index (χ0v) is 26.2. The van der Waals surface area contributed by atoms with E-state index < -0.39 is 12.6 Å². The van der Waals surface area contributed by atoms with E-state index in [9.17, 15) is 0 Å². The Balaban J connectivity index is 3.93. The molecule has 39 heavy (non-hydrogen) atoms. The topological polar surface area (TPSA) is 64.6 Å². The van der Waals surface area contributed by atoms with E-state index >= 15 is 0 Å². The molecule has 0 aromatic heterocycles. The molecule has 2 atom stereocenters. The minimum absolute atomic E-state index is 0.0410. The Morgan fingerprint density at radius 2 is 0.795 bits per heavy atom. The van der Waals surface area contributed by atoms with Gasteiger partial charge < -0.3 is 33.2 Å². The first-order valence-corrected chi connectivity index (χ1v) is 15.7. The number of hydrogen-bond acceptors (Lipinski definition) is 7. The lowest BCUT2D eigenvalue weighted by atomic mass is 10.1. The molecular weight excluding hydrogens is 496 g/mol. The van der Waals surface area contributed by atoms with Gasteiger partial charge in [-0.15, -0.1) is 0 Å². The Morgan fingerprint density at radius 1 is 0.462 bits per heavy atom. The van der Waals surface area contributed by atoms with Crippen LogP contribution in [0, 0.1) is 0 Å². The molecule has 0 aromatic rings. The van der Waals surface area contributed by atoms with Crippen molar-refractivity contribution in [2.75, 3.05) is 40.6 Å². The van der Waals surface area contributed by atoms with Crippen molar-refractivity contribution >= 4 is 0 Å². The van der Waals surface area contributed by atoms with Crippen LogP contribution >= 0.6 is 0 Å². The van der Waals surface area contributed by atoms with Gasteiger partial charge in [0.2, 0.25) is 0 Å². The van der Waals surface area contributed by atoms with Crippen LogP contribution in [0.5, 0.6) is 0 Å². The van der Waals surface area contributed by atoms with E-state index in [1.165, 1.54) is 51.4 Å². The van der Waals surface area contributed by atoms with Crippen molar-refractivity contribution in [1.29, 1.82) is 0 Å². The Bertz CT molecular complexity index is 483. The van der Waals surface area contributed by atoms with Crippen LogP contribution in [-0.2, 0) is 33.2 Å². The molecule has 0 saturated heterocycles. The molecule has 0 heterocycles. The lowest BCUT2D eigenvalue weighted by Crippen LogP contribution is -2.22. The molecule has 0 fully saturated rings. The minimum Gasteiger partial charge on any atom is -0.353 e. The normalized spacial score (nSPS) is 13.9. The molecule has 0 N–H and O–H groups in total. The van der Waals surface area contributed by atoms with Crippen molar-refractivity contribution in [3.8, 4) is 0 Å². The summed E-state index contributed by atoms with van der Waals surface area (Å²) in [5.41, 5.74) is 0. The molecule has 0 aliphatic rings. The number of allylic oxidation sites excluding steroid dienone is 2. The van der Waals surface area contributed by atoms with Crippen LogP contribution in [0.3, 0.4) is 0 Å². The summed E-state index contributed by atoms with van der Waals surface area (Å²) in [6.45, 7) is 10.9. The summed E-state index contributed by atoms with van der Waals surface area (Å²) < 4.78 is 39.3. The molecule has 0 aliphatic heterocycles. The van der Waals surface area contributed by atoms with Crippen LogP contribution in [0.2, 0.25) is 0 Å². The van der Waals surface area contributed by atoms with Crippen LogP contribution < -0.4 is 0 Å². The summed E-state index contributed by atoms with van der Waals surface area (Å²) in [6.07, 6.45) is 23.4. The predicted octanol–water partition coefficient (Wildman–Crippen LogP) is 8.32. The summed E-state index contributed by atoms with van der Waals surface area (Å²) in [6, 6.07) is 0. The molecule has 0 radical (unpaired) electrons. The molecule has 0 aromatic carbocycles. The van der Waals surface area contributed by atoms with E-state index in [4.69, 9.17) is 33.2 Å². The van der Waals surface area contributed by atoms with E-state index in [2.05, 4.69) is 12.2 Å². The molecule has 0 rings (SSSR count). The second kappa shape index (κ2) is 30.2. The lowest BCUT2D eigenvalue weighted by molar-refractivity contribution is -0.188. The van der Waals surface area contributed by atoms with Gasteiger partial charge in [-0.1, -0.05) is 50.7 Å². The van der Waals surface area contributed by atoms with Gasteiger partial charge in [-0.25, -0.2) is 0 Å². The third-order valence-electron chi connectivity index (χ3n) is 6.35. The van der Waals surface area contributed by atoms with Crippen LogP contribution in [0.25, 0.3) is 0 Å². The smallest absolute Gasteiger partial charge is 0.179 e. The zero-order valence-electron chi connectivity index (χ0n) is 26.2. The summed E-state index contributed by atoms with van der Waals surface area (Å²) in [4.78, 5) is 0. The molecule has 232 valence electrons. The van der Waals surface area contributed by atoms with Crippen molar-refractivity contribution < 1.29 is 33.2 Å². The highest BCUT2D eigenvalue weighted by Gasteiger charge is 2.11. The van der Waals surface area contributed by atoms with Gasteiger partial charge in [0.15, 0.2) is 25.2 Å². The third kappa shape index (κ3) is 24.7. The average Bonchev–Trinajstić information content (AvgIpc) is 2.94. The van der Waals surface area contributed by atoms with Crippen LogP contribution in [0.15, 0.2) is 24.3 Å². The highest BCUT2D eigenvalue weighted by Crippen LogP contribution is 2.14. The maximum absolute atomic E-state index is 5.93. The molecule has 0 bridgehead atoms. The summed E-state index contributed by atoms with van der Waals surface area (Å²) >= 11 is 0. The van der Waals surface area contributed by atoms with Gasteiger partial charge in [0, 0.05) is 40.6 Å². The van der Waals surface area contributed by atoms with E-state index in [0.29, 0.717) is 26.4 Å². The van der Waals surface area contributed by atoms with Gasteiger partial charge in [-0.3, -0.25) is 0 Å². The Hall–Kier alpha value is -0.800. The minimum atomic E-state index is -0.411. The largest absolute Gasteiger partial charge is 0.353 e. The summed E-state index contributed by atoms with van der Waals surface area (Å²) in [5, 5.41) is 0. The van der Waals surface area contributed by atoms with Crippen LogP contribution in [-0.4, -0.2) is 65.8 Å². The molecule has 2 unspecified atom stereocenters. The summed E-state index contributed by atoms with van der Waals surface area (Å²) in [7, 11) is 3.32.